The van der Waals surface area contributed by atoms with E-state index in [9.17, 15) is 13.2 Å². The number of sulfone groups is 1. The fourth-order valence-corrected chi connectivity index (χ4v) is 4.12. The van der Waals surface area contributed by atoms with Crippen LogP contribution >= 0.6 is 11.3 Å². The van der Waals surface area contributed by atoms with Gasteiger partial charge >= 0.3 is 0 Å². The highest BCUT2D eigenvalue weighted by atomic mass is 32.2. The first-order valence-corrected chi connectivity index (χ1v) is 9.34. The second-order valence-electron chi connectivity index (χ2n) is 5.45. The second-order valence-corrected chi connectivity index (χ2v) is 8.60. The van der Waals surface area contributed by atoms with Crippen LogP contribution in [0.15, 0.2) is 15.7 Å². The number of rotatable bonds is 3. The van der Waals surface area contributed by atoms with Gasteiger partial charge in [0.05, 0.1) is 5.56 Å². The molecule has 2 rings (SSSR count). The van der Waals surface area contributed by atoms with Crippen molar-refractivity contribution in [2.75, 3.05) is 19.8 Å². The summed E-state index contributed by atoms with van der Waals surface area (Å²) in [7, 11) is -1.15. The number of amides is 1. The summed E-state index contributed by atoms with van der Waals surface area (Å²) in [4.78, 5) is 14.4. The zero-order valence-corrected chi connectivity index (χ0v) is 13.6. The molecule has 1 amide bonds. The third kappa shape index (κ3) is 3.59. The Morgan fingerprint density at radius 3 is 2.75 bits per heavy atom. The molecule has 20 heavy (non-hydrogen) atoms. The monoisotopic (exact) mass is 316 g/mol. The lowest BCUT2D eigenvalue weighted by Crippen LogP contribution is -2.47. The average Bonchev–Trinajstić information content (AvgIpc) is 2.83. The molecule has 0 saturated carbocycles. The summed E-state index contributed by atoms with van der Waals surface area (Å²) < 4.78 is 23.1. The first-order valence-electron chi connectivity index (χ1n) is 6.57. The molecule has 0 aliphatic carbocycles. The minimum atomic E-state index is -3.23. The highest BCUT2D eigenvalue weighted by Crippen LogP contribution is 2.21. The summed E-state index contributed by atoms with van der Waals surface area (Å²) in [6.07, 6.45) is 3.00. The van der Waals surface area contributed by atoms with Crippen LogP contribution in [0.1, 0.15) is 30.1 Å². The van der Waals surface area contributed by atoms with Crippen molar-refractivity contribution in [2.45, 2.75) is 36.1 Å². The van der Waals surface area contributed by atoms with E-state index in [1.165, 1.54) is 6.07 Å². The van der Waals surface area contributed by atoms with Gasteiger partial charge in [-0.15, -0.1) is 11.3 Å². The summed E-state index contributed by atoms with van der Waals surface area (Å²) in [6, 6.07) is 2.06. The molecule has 1 aromatic rings. The third-order valence-electron chi connectivity index (χ3n) is 3.75. The van der Waals surface area contributed by atoms with Gasteiger partial charge < -0.3 is 10.2 Å². The van der Waals surface area contributed by atoms with E-state index in [-0.39, 0.29) is 16.2 Å². The highest BCUT2D eigenvalue weighted by molar-refractivity contribution is 7.92. The van der Waals surface area contributed by atoms with Crippen LogP contribution in [-0.4, -0.2) is 51.2 Å². The standard InChI is InChI=1S/C13H20N2O3S2/c1-9-6-11(4-5-15(9)2)14-13(16)10-7-12(19-8-10)20(3,17)18/h7-9,11H,4-6H2,1-3H3,(H,14,16). The summed E-state index contributed by atoms with van der Waals surface area (Å²) >= 11 is 1.09. The molecule has 1 N–H and O–H groups in total. The van der Waals surface area contributed by atoms with Crippen molar-refractivity contribution in [1.29, 1.82) is 0 Å². The maximum absolute atomic E-state index is 12.1. The molecule has 0 aromatic carbocycles. The molecule has 2 atom stereocenters. The molecule has 1 saturated heterocycles. The molecule has 1 aliphatic rings. The number of carbonyl (C=O) groups excluding carboxylic acids is 1. The summed E-state index contributed by atoms with van der Waals surface area (Å²) in [6.45, 7) is 3.11. The SMILES string of the molecule is CC1CC(NC(=O)c2csc(S(C)(=O)=O)c2)CCN1C. The maximum atomic E-state index is 12.1. The number of piperidine rings is 1. The van der Waals surface area contributed by atoms with Crippen LogP contribution in [-0.2, 0) is 9.84 Å². The van der Waals surface area contributed by atoms with E-state index in [1.54, 1.807) is 5.38 Å². The number of nitrogens with one attached hydrogen (secondary N) is 1. The highest BCUT2D eigenvalue weighted by Gasteiger charge is 2.24. The van der Waals surface area contributed by atoms with E-state index in [1.807, 2.05) is 0 Å². The summed E-state index contributed by atoms with van der Waals surface area (Å²) in [5.74, 6) is -0.182. The van der Waals surface area contributed by atoms with Crippen LogP contribution in [0.3, 0.4) is 0 Å². The van der Waals surface area contributed by atoms with Crippen molar-refractivity contribution in [1.82, 2.24) is 10.2 Å². The molecule has 1 aromatic heterocycles. The molecule has 0 bridgehead atoms. The molecular weight excluding hydrogens is 296 g/mol. The summed E-state index contributed by atoms with van der Waals surface area (Å²) in [5, 5.41) is 4.60. The minimum Gasteiger partial charge on any atom is -0.349 e. The fraction of sp³-hybridized carbons (Fsp3) is 0.615. The average molecular weight is 316 g/mol. The lowest BCUT2D eigenvalue weighted by Gasteiger charge is -2.35. The largest absolute Gasteiger partial charge is 0.349 e. The number of carbonyl (C=O) groups is 1. The molecule has 112 valence electrons. The Labute approximate surface area is 123 Å². The number of likely N-dealkylation sites (tertiary alicyclic amines) is 1. The third-order valence-corrected chi connectivity index (χ3v) is 6.51. The smallest absolute Gasteiger partial charge is 0.252 e. The summed E-state index contributed by atoms with van der Waals surface area (Å²) in [5.41, 5.74) is 0.432. The van der Waals surface area contributed by atoms with E-state index in [0.29, 0.717) is 11.6 Å². The quantitative estimate of drug-likeness (QED) is 0.914. The van der Waals surface area contributed by atoms with Gasteiger partial charge in [-0.1, -0.05) is 0 Å². The van der Waals surface area contributed by atoms with Gasteiger partial charge in [0.1, 0.15) is 4.21 Å². The minimum absolute atomic E-state index is 0.162. The normalized spacial score (nSPS) is 24.6. The predicted octanol–water partition coefficient (Wildman–Crippen LogP) is 1.36. The first-order chi connectivity index (χ1) is 9.27. The fourth-order valence-electron chi connectivity index (χ4n) is 2.32. The topological polar surface area (TPSA) is 66.5 Å². The molecular formula is C13H20N2O3S2. The molecule has 0 spiro atoms. The number of hydrogen-bond donors (Lipinski definition) is 1. The van der Waals surface area contributed by atoms with Crippen molar-refractivity contribution >= 4 is 27.1 Å². The molecule has 2 unspecified atom stereocenters. The Morgan fingerprint density at radius 2 is 2.20 bits per heavy atom. The lowest BCUT2D eigenvalue weighted by atomic mass is 9.99. The van der Waals surface area contributed by atoms with Crippen molar-refractivity contribution in [3.8, 4) is 0 Å². The van der Waals surface area contributed by atoms with Gasteiger partial charge in [-0.05, 0) is 32.9 Å². The van der Waals surface area contributed by atoms with Gasteiger partial charge in [-0.3, -0.25) is 4.79 Å². The van der Waals surface area contributed by atoms with Gasteiger partial charge in [0.25, 0.3) is 5.91 Å². The Bertz CT molecular complexity index is 595. The predicted molar refractivity (Wildman–Crippen MR) is 80.0 cm³/mol. The zero-order chi connectivity index (χ0) is 14.9. The van der Waals surface area contributed by atoms with Crippen molar-refractivity contribution in [2.24, 2.45) is 0 Å². The molecule has 1 aliphatic heterocycles. The molecule has 2 heterocycles. The molecule has 0 radical (unpaired) electrons. The molecule has 5 nitrogen and oxygen atoms in total. The van der Waals surface area contributed by atoms with Gasteiger partial charge in [0.15, 0.2) is 9.84 Å². The van der Waals surface area contributed by atoms with Crippen LogP contribution in [0.2, 0.25) is 0 Å². The van der Waals surface area contributed by atoms with Gasteiger partial charge in [-0.25, -0.2) is 8.42 Å². The van der Waals surface area contributed by atoms with E-state index >= 15 is 0 Å². The van der Waals surface area contributed by atoms with Crippen molar-refractivity contribution in [3.63, 3.8) is 0 Å². The van der Waals surface area contributed by atoms with Crippen LogP contribution in [0.5, 0.6) is 0 Å². The van der Waals surface area contributed by atoms with E-state index in [0.717, 1.165) is 37.0 Å². The first kappa shape index (κ1) is 15.5. The lowest BCUT2D eigenvalue weighted by molar-refractivity contribution is 0.0897. The molecule has 7 heteroatoms. The van der Waals surface area contributed by atoms with E-state index < -0.39 is 9.84 Å². The van der Waals surface area contributed by atoms with E-state index in [4.69, 9.17) is 0 Å². The number of nitrogens with zero attached hydrogens (tertiary/aromatic N) is 1. The van der Waals surface area contributed by atoms with Crippen LogP contribution in [0.25, 0.3) is 0 Å². The Balaban J connectivity index is 2.00. The van der Waals surface area contributed by atoms with Gasteiger partial charge in [0.2, 0.25) is 0 Å². The number of thiophene rings is 1. The Morgan fingerprint density at radius 1 is 1.50 bits per heavy atom. The van der Waals surface area contributed by atoms with Gasteiger partial charge in [0, 0.05) is 30.3 Å². The second kappa shape index (κ2) is 5.83. The van der Waals surface area contributed by atoms with Crippen LogP contribution < -0.4 is 5.32 Å². The Kier molecular flexibility index (Phi) is 4.51. The zero-order valence-electron chi connectivity index (χ0n) is 11.9. The van der Waals surface area contributed by atoms with Crippen molar-refractivity contribution < 1.29 is 13.2 Å². The maximum Gasteiger partial charge on any atom is 0.252 e. The van der Waals surface area contributed by atoms with E-state index in [2.05, 4.69) is 24.2 Å². The number of hydrogen-bond acceptors (Lipinski definition) is 5. The van der Waals surface area contributed by atoms with Crippen LogP contribution in [0, 0.1) is 0 Å². The van der Waals surface area contributed by atoms with Gasteiger partial charge in [-0.2, -0.15) is 0 Å². The molecule has 1 fully saturated rings. The van der Waals surface area contributed by atoms with Crippen molar-refractivity contribution in [3.05, 3.63) is 17.0 Å². The Hall–Kier alpha value is -0.920. The van der Waals surface area contributed by atoms with Crippen LogP contribution in [0.4, 0.5) is 0 Å².